The molecule has 1 amide bonds. The van der Waals surface area contributed by atoms with E-state index < -0.39 is 0 Å². The second-order valence-corrected chi connectivity index (χ2v) is 9.67. The number of ether oxygens (including phenoxy) is 1. The number of para-hydroxylation sites is 1. The fourth-order valence-electron chi connectivity index (χ4n) is 5.26. The number of hydrogen-bond acceptors (Lipinski definition) is 6. The number of aryl methyl sites for hydroxylation is 1. The van der Waals surface area contributed by atoms with Gasteiger partial charge >= 0.3 is 0 Å². The van der Waals surface area contributed by atoms with Crippen LogP contribution in [0.3, 0.4) is 0 Å². The number of nitrogens with one attached hydrogen (secondary N) is 2. The number of benzene rings is 1. The summed E-state index contributed by atoms with van der Waals surface area (Å²) < 4.78 is 8.82. The molecule has 2 aliphatic heterocycles. The highest BCUT2D eigenvalue weighted by atomic mass is 16.5. The number of fused-ring (bicyclic) bond motifs is 1. The Morgan fingerprint density at radius 1 is 1.16 bits per heavy atom. The Hall–Kier alpha value is -2.97. The molecule has 200 valence electrons. The minimum Gasteiger partial charge on any atom is -0.488 e. The molecule has 0 spiro atoms. The number of piperidine rings is 1. The zero-order valence-corrected chi connectivity index (χ0v) is 22.8. The summed E-state index contributed by atoms with van der Waals surface area (Å²) in [6.07, 6.45) is 7.21. The summed E-state index contributed by atoms with van der Waals surface area (Å²) in [4.78, 5) is 24.7. The van der Waals surface area contributed by atoms with Crippen LogP contribution >= 0.6 is 0 Å². The molecule has 1 aromatic carbocycles. The molecule has 0 saturated carbocycles. The number of aromatic nitrogens is 3. The molecular weight excluding hydrogens is 464 g/mol. The van der Waals surface area contributed by atoms with Gasteiger partial charge < -0.3 is 19.5 Å². The zero-order valence-electron chi connectivity index (χ0n) is 22.8. The Morgan fingerprint density at radius 3 is 2.73 bits per heavy atom. The fraction of sp³-hybridized carbons (Fsp3) is 0.552. The quantitative estimate of drug-likeness (QED) is 0.478. The van der Waals surface area contributed by atoms with E-state index in [0.717, 1.165) is 87.3 Å². The third kappa shape index (κ3) is 6.48. The number of anilines is 1. The van der Waals surface area contributed by atoms with E-state index >= 15 is 0 Å². The molecular formula is C29H42N6O2. The van der Waals surface area contributed by atoms with Crippen LogP contribution in [-0.4, -0.2) is 64.2 Å². The Balaban J connectivity index is 0.00000156. The first-order valence-corrected chi connectivity index (χ1v) is 14.0. The predicted molar refractivity (Wildman–Crippen MR) is 150 cm³/mol. The summed E-state index contributed by atoms with van der Waals surface area (Å²) in [5.41, 5.74) is 3.21. The first-order valence-electron chi connectivity index (χ1n) is 14.0. The van der Waals surface area contributed by atoms with Crippen LogP contribution in [0.25, 0.3) is 11.0 Å². The van der Waals surface area contributed by atoms with Crippen molar-refractivity contribution in [3.05, 3.63) is 47.8 Å². The van der Waals surface area contributed by atoms with Crippen molar-refractivity contribution in [1.29, 1.82) is 0 Å². The molecule has 0 bridgehead atoms. The molecule has 2 aromatic heterocycles. The summed E-state index contributed by atoms with van der Waals surface area (Å²) in [6, 6.07) is 9.78. The van der Waals surface area contributed by atoms with Gasteiger partial charge in [0.15, 0.2) is 0 Å². The van der Waals surface area contributed by atoms with Crippen LogP contribution < -0.4 is 15.4 Å². The van der Waals surface area contributed by atoms with E-state index in [2.05, 4.69) is 38.1 Å². The highest BCUT2D eigenvalue weighted by molar-refractivity contribution is 6.04. The molecule has 2 saturated heterocycles. The van der Waals surface area contributed by atoms with E-state index in [0.29, 0.717) is 11.5 Å². The molecule has 1 atom stereocenters. The fourth-order valence-corrected chi connectivity index (χ4v) is 5.26. The third-order valence-corrected chi connectivity index (χ3v) is 7.22. The Labute approximate surface area is 220 Å². The van der Waals surface area contributed by atoms with Crippen molar-refractivity contribution in [3.63, 3.8) is 0 Å². The lowest BCUT2D eigenvalue weighted by Crippen LogP contribution is -2.38. The summed E-state index contributed by atoms with van der Waals surface area (Å²) in [5, 5.41) is 6.67. The molecule has 5 rings (SSSR count). The number of hydrogen-bond donors (Lipinski definition) is 2. The number of carbonyl (C=O) groups excluding carboxylic acids is 1. The summed E-state index contributed by atoms with van der Waals surface area (Å²) >= 11 is 0. The van der Waals surface area contributed by atoms with E-state index in [9.17, 15) is 4.79 Å². The van der Waals surface area contributed by atoms with Crippen LogP contribution in [0, 0.1) is 6.92 Å². The molecule has 2 fully saturated rings. The monoisotopic (exact) mass is 506 g/mol. The molecule has 2 aliphatic rings. The maximum absolute atomic E-state index is 13.2. The average Bonchev–Trinajstić information content (AvgIpc) is 3.09. The Kier molecular flexibility index (Phi) is 9.52. The largest absolute Gasteiger partial charge is 0.488 e. The Morgan fingerprint density at radius 2 is 1.97 bits per heavy atom. The van der Waals surface area contributed by atoms with Gasteiger partial charge in [0.05, 0.1) is 5.52 Å². The topological polar surface area (TPSA) is 84.3 Å². The molecule has 37 heavy (non-hydrogen) atoms. The molecule has 0 radical (unpaired) electrons. The van der Waals surface area contributed by atoms with E-state index in [4.69, 9.17) is 9.72 Å². The van der Waals surface area contributed by atoms with Crippen molar-refractivity contribution >= 4 is 22.9 Å². The molecule has 0 aliphatic carbocycles. The number of amides is 1. The third-order valence-electron chi connectivity index (χ3n) is 7.22. The zero-order chi connectivity index (χ0) is 26.2. The van der Waals surface area contributed by atoms with Gasteiger partial charge in [0, 0.05) is 43.1 Å². The minimum atomic E-state index is -0.178. The summed E-state index contributed by atoms with van der Waals surface area (Å²) in [7, 11) is 0. The molecule has 2 N–H and O–H groups in total. The number of rotatable bonds is 6. The van der Waals surface area contributed by atoms with Crippen LogP contribution in [0.4, 0.5) is 5.95 Å². The smallest absolute Gasteiger partial charge is 0.258 e. The highest BCUT2D eigenvalue weighted by Crippen LogP contribution is 2.35. The lowest BCUT2D eigenvalue weighted by atomic mass is 10.1. The number of likely N-dealkylation sites (tertiary alicyclic amines) is 1. The van der Waals surface area contributed by atoms with E-state index in [1.54, 1.807) is 18.3 Å². The van der Waals surface area contributed by atoms with Crippen LogP contribution in [0.15, 0.2) is 36.5 Å². The number of carbonyl (C=O) groups is 1. The lowest BCUT2D eigenvalue weighted by molar-refractivity contribution is 0.102. The van der Waals surface area contributed by atoms with Gasteiger partial charge in [-0.05, 0) is 70.0 Å². The van der Waals surface area contributed by atoms with Gasteiger partial charge in [-0.2, -0.15) is 0 Å². The van der Waals surface area contributed by atoms with E-state index in [1.165, 1.54) is 0 Å². The van der Waals surface area contributed by atoms with Crippen molar-refractivity contribution in [2.24, 2.45) is 0 Å². The van der Waals surface area contributed by atoms with Crippen LogP contribution in [0.2, 0.25) is 0 Å². The summed E-state index contributed by atoms with van der Waals surface area (Å²) in [6.45, 7) is 13.2. The summed E-state index contributed by atoms with van der Waals surface area (Å²) in [5.74, 6) is 1.25. The van der Waals surface area contributed by atoms with Gasteiger partial charge in [-0.25, -0.2) is 4.98 Å². The second kappa shape index (κ2) is 13.0. The number of imidazole rings is 1. The SMILES string of the molecule is CC.CCN1CCC(Oc2cccc3nc(NC(=O)c4ccnc(C)c4)n(C4CCCCNC4)c23)CC1. The first kappa shape index (κ1) is 27.1. The maximum atomic E-state index is 13.2. The average molecular weight is 507 g/mol. The van der Waals surface area contributed by atoms with Gasteiger partial charge in [-0.1, -0.05) is 33.3 Å². The Bertz CT molecular complexity index is 1160. The van der Waals surface area contributed by atoms with Gasteiger partial charge in [0.2, 0.25) is 5.95 Å². The van der Waals surface area contributed by atoms with Gasteiger partial charge in [-0.3, -0.25) is 15.1 Å². The second-order valence-electron chi connectivity index (χ2n) is 9.67. The van der Waals surface area contributed by atoms with Crippen molar-refractivity contribution < 1.29 is 9.53 Å². The standard InChI is InChI=1S/C27H36N6O2.C2H6/c1-3-32-15-11-22(12-16-32)35-24-9-6-8-23-25(24)33(21-7-4-5-13-28-18-21)27(30-23)31-26(34)20-10-14-29-19(2)17-20;1-2/h6,8-10,14,17,21-22,28H,3-5,7,11-13,15-16,18H2,1-2H3,(H,30,31,34);1-2H3. The van der Waals surface area contributed by atoms with Crippen LogP contribution in [0.5, 0.6) is 5.75 Å². The van der Waals surface area contributed by atoms with Crippen LogP contribution in [-0.2, 0) is 0 Å². The molecule has 4 heterocycles. The molecule has 8 nitrogen and oxygen atoms in total. The highest BCUT2D eigenvalue weighted by Gasteiger charge is 2.26. The number of pyridine rings is 1. The normalized spacial score (nSPS) is 19.1. The van der Waals surface area contributed by atoms with E-state index in [-0.39, 0.29) is 18.1 Å². The van der Waals surface area contributed by atoms with Crippen molar-refractivity contribution in [2.45, 2.75) is 71.9 Å². The molecule has 1 unspecified atom stereocenters. The van der Waals surface area contributed by atoms with Crippen molar-refractivity contribution in [2.75, 3.05) is 38.0 Å². The minimum absolute atomic E-state index is 0.178. The van der Waals surface area contributed by atoms with Crippen molar-refractivity contribution in [1.82, 2.24) is 24.8 Å². The van der Waals surface area contributed by atoms with Gasteiger partial charge in [-0.15, -0.1) is 0 Å². The molecule has 3 aromatic rings. The van der Waals surface area contributed by atoms with Crippen LogP contribution in [0.1, 0.15) is 75.0 Å². The molecule has 8 heteroatoms. The lowest BCUT2D eigenvalue weighted by Gasteiger charge is -2.31. The van der Waals surface area contributed by atoms with E-state index in [1.807, 2.05) is 32.9 Å². The predicted octanol–water partition coefficient (Wildman–Crippen LogP) is 5.20. The number of nitrogens with zero attached hydrogens (tertiary/aromatic N) is 4. The maximum Gasteiger partial charge on any atom is 0.258 e. The first-order chi connectivity index (χ1) is 18.1. The van der Waals surface area contributed by atoms with Gasteiger partial charge in [0.1, 0.15) is 17.4 Å². The van der Waals surface area contributed by atoms with Gasteiger partial charge in [0.25, 0.3) is 5.91 Å². The van der Waals surface area contributed by atoms with Crippen molar-refractivity contribution in [3.8, 4) is 5.75 Å².